The first-order valence-corrected chi connectivity index (χ1v) is 7.98. The maximum atomic E-state index is 11.7. The predicted molar refractivity (Wildman–Crippen MR) is 77.2 cm³/mol. The van der Waals surface area contributed by atoms with Gasteiger partial charge in [-0.15, -0.1) is 0 Å². The summed E-state index contributed by atoms with van der Waals surface area (Å²) in [6.07, 6.45) is 0. The molecular weight excluding hydrogens is 388 g/mol. The van der Waals surface area contributed by atoms with Gasteiger partial charge >= 0.3 is 0 Å². The number of rotatable bonds is 3. The van der Waals surface area contributed by atoms with Gasteiger partial charge in [0.05, 0.1) is 14.9 Å². The van der Waals surface area contributed by atoms with Gasteiger partial charge in [-0.2, -0.15) is 0 Å². The van der Waals surface area contributed by atoms with Crippen LogP contribution in [0.5, 0.6) is 0 Å². The van der Waals surface area contributed by atoms with Gasteiger partial charge in [0, 0.05) is 4.47 Å². The van der Waals surface area contributed by atoms with Crippen LogP contribution in [0, 0.1) is 0 Å². The number of nitrogens with one attached hydrogen (secondary N) is 1. The van der Waals surface area contributed by atoms with E-state index in [-0.39, 0.29) is 10.8 Å². The molecule has 0 aromatic heterocycles. The lowest BCUT2D eigenvalue weighted by Crippen LogP contribution is -2.31. The van der Waals surface area contributed by atoms with Gasteiger partial charge in [-0.3, -0.25) is 4.79 Å². The second-order valence-electron chi connectivity index (χ2n) is 4.11. The van der Waals surface area contributed by atoms with E-state index < -0.39 is 14.3 Å². The number of halogens is 2. The minimum absolute atomic E-state index is 0.0227. The molecule has 3 N–H and O–H groups in total. The topological polar surface area (TPSA) is 89.3 Å². The molecular formula is C10H12Br2N2O3S. The molecule has 1 aromatic rings. The van der Waals surface area contributed by atoms with Gasteiger partial charge in [0.2, 0.25) is 15.9 Å². The highest BCUT2D eigenvalue weighted by Gasteiger charge is 2.24. The average molecular weight is 400 g/mol. The summed E-state index contributed by atoms with van der Waals surface area (Å²) >= 11 is 6.41. The van der Waals surface area contributed by atoms with Crippen LogP contribution in [0.3, 0.4) is 0 Å². The Hall–Kier alpha value is -0.440. The number of nitrogens with two attached hydrogens (primary N) is 1. The molecule has 18 heavy (non-hydrogen) atoms. The van der Waals surface area contributed by atoms with Crippen LogP contribution in [0.1, 0.15) is 13.8 Å². The minimum Gasteiger partial charge on any atom is -0.324 e. The number of alkyl halides is 1. The highest BCUT2D eigenvalue weighted by atomic mass is 79.9. The van der Waals surface area contributed by atoms with E-state index in [4.69, 9.17) is 5.14 Å². The van der Waals surface area contributed by atoms with E-state index in [1.807, 2.05) is 0 Å². The van der Waals surface area contributed by atoms with Crippen molar-refractivity contribution in [3.8, 4) is 0 Å². The molecule has 0 spiro atoms. The molecule has 0 radical (unpaired) electrons. The van der Waals surface area contributed by atoms with Crippen LogP contribution in [0.2, 0.25) is 0 Å². The first-order valence-electron chi connectivity index (χ1n) is 4.84. The Balaban J connectivity index is 3.05. The summed E-state index contributed by atoms with van der Waals surface area (Å²) in [4.78, 5) is 11.7. The van der Waals surface area contributed by atoms with Crippen LogP contribution in [0.25, 0.3) is 0 Å². The molecule has 0 atom stereocenters. The van der Waals surface area contributed by atoms with Crippen molar-refractivity contribution >= 4 is 53.5 Å². The quantitative estimate of drug-likeness (QED) is 0.763. The lowest BCUT2D eigenvalue weighted by atomic mass is 10.2. The second-order valence-corrected chi connectivity index (χ2v) is 8.51. The van der Waals surface area contributed by atoms with Crippen molar-refractivity contribution in [1.82, 2.24) is 0 Å². The van der Waals surface area contributed by atoms with Crippen LogP contribution in [-0.2, 0) is 14.8 Å². The maximum Gasteiger partial charge on any atom is 0.240 e. The largest absolute Gasteiger partial charge is 0.324 e. The standard InChI is InChI=1S/C10H12Br2N2O3S/c1-10(2,12)9(15)14-8-4-3-6(5-7(8)11)18(13,16)17/h3-5H,1-2H3,(H,14,15)(H2,13,16,17). The molecule has 0 saturated heterocycles. The van der Waals surface area contributed by atoms with Gasteiger partial charge in [-0.1, -0.05) is 15.9 Å². The fraction of sp³-hybridized carbons (Fsp3) is 0.300. The third-order valence-corrected chi connectivity index (χ3v) is 3.98. The zero-order chi connectivity index (χ0) is 14.1. The third kappa shape index (κ3) is 4.04. The van der Waals surface area contributed by atoms with Crippen molar-refractivity contribution in [3.05, 3.63) is 22.7 Å². The number of amides is 1. The Morgan fingerprint density at radius 3 is 2.33 bits per heavy atom. The molecule has 100 valence electrons. The molecule has 0 aliphatic rings. The Morgan fingerprint density at radius 2 is 1.94 bits per heavy atom. The summed E-state index contributed by atoms with van der Waals surface area (Å²) in [5.74, 6) is -0.244. The van der Waals surface area contributed by atoms with Crippen molar-refractivity contribution in [2.45, 2.75) is 23.1 Å². The number of benzene rings is 1. The third-order valence-electron chi connectivity index (χ3n) is 2.06. The first-order chi connectivity index (χ1) is 8.01. The number of anilines is 1. The molecule has 0 heterocycles. The fourth-order valence-electron chi connectivity index (χ4n) is 1.05. The normalized spacial score (nSPS) is 12.3. The van der Waals surface area contributed by atoms with Crippen LogP contribution in [-0.4, -0.2) is 18.6 Å². The van der Waals surface area contributed by atoms with Crippen molar-refractivity contribution in [2.75, 3.05) is 5.32 Å². The van der Waals surface area contributed by atoms with Crippen LogP contribution < -0.4 is 10.5 Å². The highest BCUT2D eigenvalue weighted by Crippen LogP contribution is 2.27. The average Bonchev–Trinajstić information content (AvgIpc) is 2.17. The molecule has 0 fully saturated rings. The summed E-state index contributed by atoms with van der Waals surface area (Å²) < 4.78 is 22.0. The number of sulfonamides is 1. The van der Waals surface area contributed by atoms with E-state index in [9.17, 15) is 13.2 Å². The summed E-state index contributed by atoms with van der Waals surface area (Å²) in [5.41, 5.74) is 0.472. The number of hydrogen-bond acceptors (Lipinski definition) is 3. The summed E-state index contributed by atoms with van der Waals surface area (Å²) in [5, 5.41) is 7.66. The maximum absolute atomic E-state index is 11.7. The molecule has 0 aliphatic heterocycles. The van der Waals surface area contributed by atoms with Crippen molar-refractivity contribution in [1.29, 1.82) is 0 Å². The Bertz CT molecular complexity index is 579. The Kier molecular flexibility index (Phi) is 4.58. The first kappa shape index (κ1) is 15.6. The highest BCUT2D eigenvalue weighted by molar-refractivity contribution is 9.10. The van der Waals surface area contributed by atoms with E-state index in [0.29, 0.717) is 10.2 Å². The molecule has 0 unspecified atom stereocenters. The van der Waals surface area contributed by atoms with E-state index in [1.165, 1.54) is 18.2 Å². The van der Waals surface area contributed by atoms with E-state index in [0.717, 1.165) is 0 Å². The van der Waals surface area contributed by atoms with E-state index in [2.05, 4.69) is 37.2 Å². The van der Waals surface area contributed by atoms with Gasteiger partial charge in [-0.25, -0.2) is 13.6 Å². The molecule has 1 aromatic carbocycles. The summed E-state index contributed by atoms with van der Waals surface area (Å²) in [6.45, 7) is 3.41. The number of carbonyl (C=O) groups excluding carboxylic acids is 1. The molecule has 8 heteroatoms. The molecule has 5 nitrogen and oxygen atoms in total. The van der Waals surface area contributed by atoms with Crippen LogP contribution >= 0.6 is 31.9 Å². The molecule has 1 amide bonds. The lowest BCUT2D eigenvalue weighted by Gasteiger charge is -2.16. The summed E-state index contributed by atoms with van der Waals surface area (Å²) in [6, 6.07) is 4.14. The zero-order valence-electron chi connectivity index (χ0n) is 9.70. The molecule has 1 rings (SSSR count). The summed E-state index contributed by atoms with van der Waals surface area (Å²) in [7, 11) is -3.75. The van der Waals surface area contributed by atoms with Gasteiger partial charge in [0.15, 0.2) is 0 Å². The van der Waals surface area contributed by atoms with Gasteiger partial charge in [0.25, 0.3) is 0 Å². The lowest BCUT2D eigenvalue weighted by molar-refractivity contribution is -0.117. The predicted octanol–water partition coefficient (Wildman–Crippen LogP) is 2.21. The van der Waals surface area contributed by atoms with E-state index >= 15 is 0 Å². The van der Waals surface area contributed by atoms with Gasteiger partial charge in [-0.05, 0) is 48.0 Å². The number of carbonyl (C=O) groups is 1. The second kappa shape index (κ2) is 5.28. The van der Waals surface area contributed by atoms with Crippen molar-refractivity contribution < 1.29 is 13.2 Å². The Morgan fingerprint density at radius 1 is 1.39 bits per heavy atom. The molecule has 0 bridgehead atoms. The smallest absolute Gasteiger partial charge is 0.240 e. The monoisotopic (exact) mass is 398 g/mol. The van der Waals surface area contributed by atoms with Crippen LogP contribution in [0.4, 0.5) is 5.69 Å². The fourth-order valence-corrected chi connectivity index (χ4v) is 2.31. The van der Waals surface area contributed by atoms with Gasteiger partial charge in [0.1, 0.15) is 0 Å². The number of hydrogen-bond donors (Lipinski definition) is 2. The van der Waals surface area contributed by atoms with Crippen LogP contribution in [0.15, 0.2) is 27.6 Å². The minimum atomic E-state index is -3.75. The number of primary sulfonamides is 1. The van der Waals surface area contributed by atoms with Crippen molar-refractivity contribution in [3.63, 3.8) is 0 Å². The SMILES string of the molecule is CC(C)(Br)C(=O)Nc1ccc(S(N)(=O)=O)cc1Br. The Labute approximate surface area is 122 Å². The van der Waals surface area contributed by atoms with E-state index in [1.54, 1.807) is 13.8 Å². The zero-order valence-corrected chi connectivity index (χ0v) is 13.7. The molecule has 0 aliphatic carbocycles. The van der Waals surface area contributed by atoms with Gasteiger partial charge < -0.3 is 5.32 Å². The van der Waals surface area contributed by atoms with Crippen molar-refractivity contribution in [2.24, 2.45) is 5.14 Å². The molecule has 0 saturated carbocycles.